The van der Waals surface area contributed by atoms with Crippen molar-refractivity contribution < 1.29 is 8.78 Å². The van der Waals surface area contributed by atoms with E-state index in [4.69, 9.17) is 11.6 Å². The van der Waals surface area contributed by atoms with E-state index in [1.165, 1.54) is 0 Å². The molecule has 1 atom stereocenters. The molecule has 0 saturated carbocycles. The molecule has 13 heavy (non-hydrogen) atoms. The smallest absolute Gasteiger partial charge is 0.160 e. The lowest BCUT2D eigenvalue weighted by Gasteiger charge is -2.10. The summed E-state index contributed by atoms with van der Waals surface area (Å²) < 4.78 is 25.5. The first kappa shape index (κ1) is 10.9. The Morgan fingerprint density at radius 3 is 2.46 bits per heavy atom. The van der Waals surface area contributed by atoms with E-state index in [9.17, 15) is 8.78 Å². The van der Waals surface area contributed by atoms with Gasteiger partial charge in [-0.2, -0.15) is 0 Å². The van der Waals surface area contributed by atoms with Crippen LogP contribution in [0.25, 0.3) is 0 Å². The maximum absolute atomic E-state index is 12.8. The summed E-state index contributed by atoms with van der Waals surface area (Å²) in [6.07, 6.45) is 0. The zero-order chi connectivity index (χ0) is 10.0. The maximum Gasteiger partial charge on any atom is 0.160 e. The van der Waals surface area contributed by atoms with E-state index in [1.54, 1.807) is 0 Å². The molecule has 1 rings (SSSR count). The highest BCUT2D eigenvalue weighted by molar-refractivity contribution is 9.09. The first-order valence-electron chi connectivity index (χ1n) is 3.76. The average molecular weight is 270 g/mol. The Labute approximate surface area is 89.0 Å². The lowest BCUT2D eigenvalue weighted by Crippen LogP contribution is -1.98. The fourth-order valence-electron chi connectivity index (χ4n) is 0.999. The summed E-state index contributed by atoms with van der Waals surface area (Å²) in [5, 5.41) is 0.934. The molecule has 0 aliphatic carbocycles. The molecular formula is C9H8BrClF2. The molecule has 0 aromatic heterocycles. The van der Waals surface area contributed by atoms with Crippen LogP contribution < -0.4 is 0 Å². The predicted octanol–water partition coefficient (Wildman–Crippen LogP) is 4.12. The molecule has 0 nitrogen and oxygen atoms in total. The van der Waals surface area contributed by atoms with Gasteiger partial charge in [-0.1, -0.05) is 34.5 Å². The van der Waals surface area contributed by atoms with Gasteiger partial charge in [-0.25, -0.2) is 8.78 Å². The Balaban J connectivity index is 3.15. The quantitative estimate of drug-likeness (QED) is 0.560. The highest BCUT2D eigenvalue weighted by Crippen LogP contribution is 2.27. The monoisotopic (exact) mass is 268 g/mol. The van der Waals surface area contributed by atoms with Gasteiger partial charge in [0, 0.05) is 10.4 Å². The van der Waals surface area contributed by atoms with E-state index >= 15 is 0 Å². The predicted molar refractivity (Wildman–Crippen MR) is 53.6 cm³/mol. The normalized spacial score (nSPS) is 13.0. The van der Waals surface area contributed by atoms with Gasteiger partial charge in [0.1, 0.15) is 0 Å². The topological polar surface area (TPSA) is 0 Å². The number of benzene rings is 1. The summed E-state index contributed by atoms with van der Waals surface area (Å²) in [5.74, 6) is -1.69. The minimum Gasteiger partial charge on any atom is -0.204 e. The number of alkyl halides is 1. The van der Waals surface area contributed by atoms with Crippen LogP contribution in [0.3, 0.4) is 0 Å². The zero-order valence-corrected chi connectivity index (χ0v) is 9.29. The van der Waals surface area contributed by atoms with Crippen LogP contribution in [-0.4, -0.2) is 5.33 Å². The van der Waals surface area contributed by atoms with Crippen molar-refractivity contribution in [3.05, 3.63) is 34.4 Å². The summed E-state index contributed by atoms with van der Waals surface area (Å²) in [6.45, 7) is 1.88. The summed E-state index contributed by atoms with van der Waals surface area (Å²) in [4.78, 5) is 0. The summed E-state index contributed by atoms with van der Waals surface area (Å²) in [7, 11) is 0. The summed E-state index contributed by atoms with van der Waals surface area (Å²) >= 11 is 9.00. The van der Waals surface area contributed by atoms with E-state index in [0.29, 0.717) is 10.9 Å². The van der Waals surface area contributed by atoms with Crippen molar-refractivity contribution in [2.24, 2.45) is 0 Å². The fraction of sp³-hybridized carbons (Fsp3) is 0.333. The molecule has 0 amide bonds. The third kappa shape index (κ3) is 2.41. The van der Waals surface area contributed by atoms with Crippen molar-refractivity contribution in [3.8, 4) is 0 Å². The van der Waals surface area contributed by atoms with Crippen molar-refractivity contribution in [1.29, 1.82) is 0 Å². The third-order valence-corrected chi connectivity index (χ3v) is 3.10. The van der Waals surface area contributed by atoms with Gasteiger partial charge < -0.3 is 0 Å². The highest BCUT2D eigenvalue weighted by Gasteiger charge is 2.12. The van der Waals surface area contributed by atoms with Crippen LogP contribution in [0.1, 0.15) is 18.4 Å². The van der Waals surface area contributed by atoms with Crippen LogP contribution >= 0.6 is 27.5 Å². The van der Waals surface area contributed by atoms with Gasteiger partial charge in [-0.05, 0) is 23.6 Å². The number of hydrogen-bond acceptors (Lipinski definition) is 0. The van der Waals surface area contributed by atoms with Crippen LogP contribution in [0.4, 0.5) is 8.78 Å². The molecule has 72 valence electrons. The molecule has 1 aromatic carbocycles. The van der Waals surface area contributed by atoms with Crippen molar-refractivity contribution in [3.63, 3.8) is 0 Å². The second-order valence-corrected chi connectivity index (χ2v) is 3.90. The second kappa shape index (κ2) is 4.38. The van der Waals surface area contributed by atoms with Gasteiger partial charge in [0.05, 0.1) is 0 Å². The van der Waals surface area contributed by atoms with Gasteiger partial charge >= 0.3 is 0 Å². The molecule has 0 N–H and O–H groups in total. The molecular weight excluding hydrogens is 261 g/mol. The van der Waals surface area contributed by atoms with Crippen molar-refractivity contribution >= 4 is 27.5 Å². The molecule has 0 spiro atoms. The molecule has 4 heteroatoms. The molecule has 0 heterocycles. The molecule has 0 fully saturated rings. The standard InChI is InChI=1S/C9H8BrClF2/c1-5(4-10)6-2-8(12)9(13)3-7(6)11/h2-3,5H,4H2,1H3. The second-order valence-electron chi connectivity index (χ2n) is 2.84. The Bertz CT molecular complexity index is 315. The fourth-order valence-corrected chi connectivity index (χ4v) is 1.68. The minimum atomic E-state index is -0.907. The van der Waals surface area contributed by atoms with Crippen LogP contribution in [0.5, 0.6) is 0 Å². The molecule has 0 saturated heterocycles. The summed E-state index contributed by atoms with van der Waals surface area (Å²) in [5.41, 5.74) is 0.623. The number of hydrogen-bond donors (Lipinski definition) is 0. The molecule has 0 radical (unpaired) electrons. The van der Waals surface area contributed by atoms with Gasteiger partial charge in [0.2, 0.25) is 0 Å². The van der Waals surface area contributed by atoms with Crippen molar-refractivity contribution in [1.82, 2.24) is 0 Å². The van der Waals surface area contributed by atoms with Gasteiger partial charge in [0.25, 0.3) is 0 Å². The average Bonchev–Trinajstić information content (AvgIpc) is 2.10. The van der Waals surface area contributed by atoms with Crippen molar-refractivity contribution in [2.45, 2.75) is 12.8 Å². The first-order chi connectivity index (χ1) is 6.06. The van der Waals surface area contributed by atoms with Crippen LogP contribution in [0.2, 0.25) is 5.02 Å². The molecule has 1 aromatic rings. The number of halogens is 4. The molecule has 0 bridgehead atoms. The van der Waals surface area contributed by atoms with Crippen molar-refractivity contribution in [2.75, 3.05) is 5.33 Å². The Hall–Kier alpha value is -0.150. The van der Waals surface area contributed by atoms with Crippen LogP contribution in [-0.2, 0) is 0 Å². The van der Waals surface area contributed by atoms with Gasteiger partial charge in [-0.3, -0.25) is 0 Å². The molecule has 0 aliphatic heterocycles. The summed E-state index contributed by atoms with van der Waals surface area (Å²) in [6, 6.07) is 2.15. The number of rotatable bonds is 2. The van der Waals surface area contributed by atoms with Gasteiger partial charge in [0.15, 0.2) is 11.6 Å². The lowest BCUT2D eigenvalue weighted by molar-refractivity contribution is 0.506. The van der Waals surface area contributed by atoms with E-state index < -0.39 is 11.6 Å². The Morgan fingerprint density at radius 2 is 1.92 bits per heavy atom. The minimum absolute atomic E-state index is 0.0719. The molecule has 1 unspecified atom stereocenters. The SMILES string of the molecule is CC(CBr)c1cc(F)c(F)cc1Cl. The van der Waals surface area contributed by atoms with E-state index in [-0.39, 0.29) is 10.9 Å². The highest BCUT2D eigenvalue weighted by atomic mass is 79.9. The lowest BCUT2D eigenvalue weighted by atomic mass is 10.0. The van der Waals surface area contributed by atoms with Crippen LogP contribution in [0.15, 0.2) is 12.1 Å². The van der Waals surface area contributed by atoms with E-state index in [1.807, 2.05) is 6.92 Å². The van der Waals surface area contributed by atoms with E-state index in [2.05, 4.69) is 15.9 Å². The van der Waals surface area contributed by atoms with Gasteiger partial charge in [-0.15, -0.1) is 0 Å². The maximum atomic E-state index is 12.8. The zero-order valence-electron chi connectivity index (χ0n) is 6.95. The Morgan fingerprint density at radius 1 is 1.38 bits per heavy atom. The van der Waals surface area contributed by atoms with E-state index in [0.717, 1.165) is 12.1 Å². The molecule has 0 aliphatic rings. The first-order valence-corrected chi connectivity index (χ1v) is 5.26. The Kier molecular flexibility index (Phi) is 3.68. The third-order valence-electron chi connectivity index (χ3n) is 1.80. The largest absolute Gasteiger partial charge is 0.204 e. The van der Waals surface area contributed by atoms with Crippen LogP contribution in [0, 0.1) is 11.6 Å².